The second-order valence-corrected chi connectivity index (χ2v) is 7.68. The molecule has 2 aromatic rings. The summed E-state index contributed by atoms with van der Waals surface area (Å²) in [6, 6.07) is 20.1. The lowest BCUT2D eigenvalue weighted by Gasteiger charge is -2.47. The number of hydrogen-bond acceptors (Lipinski definition) is 3. The van der Waals surface area contributed by atoms with Gasteiger partial charge in [-0.25, -0.2) is 0 Å². The summed E-state index contributed by atoms with van der Waals surface area (Å²) in [5.41, 5.74) is 4.32. The fourth-order valence-corrected chi connectivity index (χ4v) is 4.05. The Bertz CT molecular complexity index is 653. The Hall–Kier alpha value is -1.84. The van der Waals surface area contributed by atoms with E-state index in [1.165, 1.54) is 16.8 Å². The minimum atomic E-state index is 0.155. The van der Waals surface area contributed by atoms with E-state index in [1.54, 1.807) is 0 Å². The molecule has 0 unspecified atom stereocenters. The Morgan fingerprint density at radius 1 is 0.840 bits per heavy atom. The normalized spacial score (nSPS) is 17.3. The van der Waals surface area contributed by atoms with E-state index in [-0.39, 0.29) is 5.54 Å². The van der Waals surface area contributed by atoms with E-state index in [0.717, 1.165) is 32.5 Å². The molecular formula is C22H31N3. The van der Waals surface area contributed by atoms with Crippen LogP contribution < -0.4 is 4.90 Å². The molecule has 0 radical (unpaired) electrons. The Labute approximate surface area is 152 Å². The van der Waals surface area contributed by atoms with Gasteiger partial charge in [-0.1, -0.05) is 42.5 Å². The van der Waals surface area contributed by atoms with Gasteiger partial charge in [0.15, 0.2) is 0 Å². The second kappa shape index (κ2) is 7.59. The molecule has 0 saturated carbocycles. The van der Waals surface area contributed by atoms with Crippen molar-refractivity contribution in [1.29, 1.82) is 0 Å². The fourth-order valence-electron chi connectivity index (χ4n) is 4.05. The van der Waals surface area contributed by atoms with Gasteiger partial charge in [0.2, 0.25) is 0 Å². The quantitative estimate of drug-likeness (QED) is 0.821. The zero-order chi connectivity index (χ0) is 17.9. The van der Waals surface area contributed by atoms with Gasteiger partial charge < -0.3 is 9.80 Å². The van der Waals surface area contributed by atoms with Gasteiger partial charge in [0.05, 0.1) is 0 Å². The molecule has 0 atom stereocenters. The lowest BCUT2D eigenvalue weighted by Crippen LogP contribution is -2.50. The summed E-state index contributed by atoms with van der Waals surface area (Å²) >= 11 is 0. The third kappa shape index (κ3) is 3.88. The van der Waals surface area contributed by atoms with Gasteiger partial charge >= 0.3 is 0 Å². The number of anilines is 1. The topological polar surface area (TPSA) is 9.72 Å². The lowest BCUT2D eigenvalue weighted by molar-refractivity contribution is 0.115. The third-order valence-corrected chi connectivity index (χ3v) is 5.56. The SMILES string of the molecule is CN(C)Cc1ccc(N2CCC(c3ccccc3)(N(C)C)CC2)cc1. The lowest BCUT2D eigenvalue weighted by atomic mass is 9.79. The molecule has 0 N–H and O–H groups in total. The molecule has 3 rings (SSSR count). The number of hydrogen-bond donors (Lipinski definition) is 0. The first-order valence-corrected chi connectivity index (χ1v) is 9.23. The minimum absolute atomic E-state index is 0.155. The summed E-state index contributed by atoms with van der Waals surface area (Å²) in [4.78, 5) is 7.16. The van der Waals surface area contributed by atoms with Crippen LogP contribution in [-0.2, 0) is 12.1 Å². The van der Waals surface area contributed by atoms with Crippen molar-refractivity contribution in [3.05, 3.63) is 65.7 Å². The Balaban J connectivity index is 1.72. The summed E-state index contributed by atoms with van der Waals surface area (Å²) < 4.78 is 0. The van der Waals surface area contributed by atoms with E-state index < -0.39 is 0 Å². The van der Waals surface area contributed by atoms with E-state index >= 15 is 0 Å². The van der Waals surface area contributed by atoms with Gasteiger partial charge in [0.25, 0.3) is 0 Å². The second-order valence-electron chi connectivity index (χ2n) is 7.68. The predicted molar refractivity (Wildman–Crippen MR) is 107 cm³/mol. The van der Waals surface area contributed by atoms with Crippen molar-refractivity contribution >= 4 is 5.69 Å². The van der Waals surface area contributed by atoms with Crippen LogP contribution in [0.15, 0.2) is 54.6 Å². The molecule has 1 aliphatic heterocycles. The van der Waals surface area contributed by atoms with Gasteiger partial charge in [-0.3, -0.25) is 4.90 Å². The van der Waals surface area contributed by atoms with Crippen molar-refractivity contribution in [2.75, 3.05) is 46.2 Å². The molecule has 1 aliphatic rings. The van der Waals surface area contributed by atoms with E-state index in [0.29, 0.717) is 0 Å². The van der Waals surface area contributed by atoms with Gasteiger partial charge in [0, 0.05) is 30.9 Å². The summed E-state index contributed by atoms with van der Waals surface area (Å²) in [7, 11) is 8.67. The maximum atomic E-state index is 2.53. The smallest absolute Gasteiger partial charge is 0.0488 e. The number of benzene rings is 2. The van der Waals surface area contributed by atoms with Gasteiger partial charge in [0.1, 0.15) is 0 Å². The van der Waals surface area contributed by atoms with Crippen molar-refractivity contribution in [1.82, 2.24) is 9.80 Å². The van der Waals surface area contributed by atoms with Crippen LogP contribution >= 0.6 is 0 Å². The Morgan fingerprint density at radius 3 is 1.96 bits per heavy atom. The van der Waals surface area contributed by atoms with Crippen molar-refractivity contribution in [2.24, 2.45) is 0 Å². The maximum absolute atomic E-state index is 2.53. The van der Waals surface area contributed by atoms with Crippen LogP contribution in [0.3, 0.4) is 0 Å². The summed E-state index contributed by atoms with van der Waals surface area (Å²) in [5.74, 6) is 0. The first-order chi connectivity index (χ1) is 12.0. The van der Waals surface area contributed by atoms with Crippen LogP contribution in [0, 0.1) is 0 Å². The van der Waals surface area contributed by atoms with Gasteiger partial charge in [-0.2, -0.15) is 0 Å². The van der Waals surface area contributed by atoms with Crippen LogP contribution in [-0.4, -0.2) is 51.1 Å². The zero-order valence-corrected chi connectivity index (χ0v) is 16.1. The van der Waals surface area contributed by atoms with Crippen molar-refractivity contribution in [3.8, 4) is 0 Å². The molecular weight excluding hydrogens is 306 g/mol. The first-order valence-electron chi connectivity index (χ1n) is 9.23. The van der Waals surface area contributed by atoms with Crippen molar-refractivity contribution in [3.63, 3.8) is 0 Å². The van der Waals surface area contributed by atoms with Crippen LogP contribution in [0.5, 0.6) is 0 Å². The van der Waals surface area contributed by atoms with Crippen molar-refractivity contribution in [2.45, 2.75) is 24.9 Å². The minimum Gasteiger partial charge on any atom is -0.371 e. The highest BCUT2D eigenvalue weighted by atomic mass is 15.2. The summed E-state index contributed by atoms with van der Waals surface area (Å²) in [5, 5.41) is 0. The van der Waals surface area contributed by atoms with E-state index in [1.807, 2.05) is 0 Å². The third-order valence-electron chi connectivity index (χ3n) is 5.56. The molecule has 0 amide bonds. The molecule has 3 nitrogen and oxygen atoms in total. The monoisotopic (exact) mass is 337 g/mol. The van der Waals surface area contributed by atoms with Crippen LogP contribution in [0.4, 0.5) is 5.69 Å². The molecule has 0 aromatic heterocycles. The van der Waals surface area contributed by atoms with Crippen LogP contribution in [0.25, 0.3) is 0 Å². The molecule has 0 bridgehead atoms. The fraction of sp³-hybridized carbons (Fsp3) is 0.455. The highest BCUT2D eigenvalue weighted by molar-refractivity contribution is 5.48. The van der Waals surface area contributed by atoms with Crippen LogP contribution in [0.1, 0.15) is 24.0 Å². The number of nitrogens with zero attached hydrogens (tertiary/aromatic N) is 3. The first kappa shape index (κ1) is 18.0. The zero-order valence-electron chi connectivity index (χ0n) is 16.1. The van der Waals surface area contributed by atoms with Crippen molar-refractivity contribution < 1.29 is 0 Å². The molecule has 25 heavy (non-hydrogen) atoms. The summed E-state index contributed by atoms with van der Waals surface area (Å²) in [6.07, 6.45) is 2.31. The highest BCUT2D eigenvalue weighted by Crippen LogP contribution is 2.38. The number of piperidine rings is 1. The molecule has 2 aromatic carbocycles. The molecule has 0 spiro atoms. The van der Waals surface area contributed by atoms with Gasteiger partial charge in [-0.15, -0.1) is 0 Å². The molecule has 134 valence electrons. The molecule has 3 heteroatoms. The van der Waals surface area contributed by atoms with E-state index in [9.17, 15) is 0 Å². The predicted octanol–water partition coefficient (Wildman–Crippen LogP) is 3.81. The standard InChI is InChI=1S/C22H31N3/c1-23(2)18-19-10-12-21(13-11-19)25-16-14-22(15-17-25,24(3)4)20-8-6-5-7-9-20/h5-13H,14-18H2,1-4H3. The van der Waals surface area contributed by atoms with E-state index in [2.05, 4.69) is 97.5 Å². The number of rotatable bonds is 5. The summed E-state index contributed by atoms with van der Waals surface area (Å²) in [6.45, 7) is 3.19. The van der Waals surface area contributed by atoms with E-state index in [4.69, 9.17) is 0 Å². The maximum Gasteiger partial charge on any atom is 0.0488 e. The molecule has 0 aliphatic carbocycles. The Kier molecular flexibility index (Phi) is 5.45. The molecule has 1 fully saturated rings. The highest BCUT2D eigenvalue weighted by Gasteiger charge is 2.38. The molecule has 1 saturated heterocycles. The Morgan fingerprint density at radius 2 is 1.44 bits per heavy atom. The van der Waals surface area contributed by atoms with Crippen LogP contribution in [0.2, 0.25) is 0 Å². The van der Waals surface area contributed by atoms with Gasteiger partial charge in [-0.05, 0) is 64.3 Å². The average molecular weight is 338 g/mol. The average Bonchev–Trinajstić information content (AvgIpc) is 2.62. The largest absolute Gasteiger partial charge is 0.371 e. The molecule has 1 heterocycles.